The average Bonchev–Trinajstić information content (AvgIpc) is 2.69. The van der Waals surface area contributed by atoms with Gasteiger partial charge in [0.2, 0.25) is 0 Å². The van der Waals surface area contributed by atoms with Crippen molar-refractivity contribution >= 4 is 8.56 Å². The lowest BCUT2D eigenvalue weighted by Gasteiger charge is -2.33. The van der Waals surface area contributed by atoms with Crippen LogP contribution in [0.15, 0.2) is 0 Å². The molecule has 27 heavy (non-hydrogen) atoms. The highest BCUT2D eigenvalue weighted by molar-refractivity contribution is 6.67. The van der Waals surface area contributed by atoms with Crippen molar-refractivity contribution < 1.29 is 8.85 Å². The third-order valence-corrected chi connectivity index (χ3v) is 9.46. The molecule has 0 saturated carbocycles. The highest BCUT2D eigenvalue weighted by Crippen LogP contribution is 2.25. The quantitative estimate of drug-likeness (QED) is 0.141. The van der Waals surface area contributed by atoms with Crippen LogP contribution in [-0.4, -0.2) is 21.3 Å². The minimum absolute atomic E-state index is 0.425. The van der Waals surface area contributed by atoms with Crippen LogP contribution in [0.1, 0.15) is 131 Å². The van der Waals surface area contributed by atoms with Crippen LogP contribution in [0.25, 0.3) is 0 Å². The van der Waals surface area contributed by atoms with E-state index in [4.69, 9.17) is 8.85 Å². The lowest BCUT2D eigenvalue weighted by atomic mass is 10.1. The Bertz CT molecular complexity index is 292. The Balaban J connectivity index is 3.98. The van der Waals surface area contributed by atoms with Gasteiger partial charge in [-0.1, -0.05) is 112 Å². The molecule has 0 spiro atoms. The summed E-state index contributed by atoms with van der Waals surface area (Å²) in [5, 5.41) is 0. The molecule has 0 N–H and O–H groups in total. The summed E-state index contributed by atoms with van der Waals surface area (Å²) in [7, 11) is -1.99. The van der Waals surface area contributed by atoms with E-state index in [1.807, 2.05) is 0 Å². The number of hydrogen-bond donors (Lipinski definition) is 0. The Hall–Kier alpha value is 0.137. The van der Waals surface area contributed by atoms with Crippen molar-refractivity contribution in [3.05, 3.63) is 0 Å². The molecule has 0 amide bonds. The van der Waals surface area contributed by atoms with E-state index >= 15 is 0 Å². The maximum atomic E-state index is 6.69. The number of unbranched alkanes of at least 4 members (excludes halogenated alkanes) is 10. The first-order valence-electron chi connectivity index (χ1n) is 12.5. The van der Waals surface area contributed by atoms with E-state index in [0.717, 1.165) is 18.7 Å². The normalized spacial score (nSPS) is 13.2. The Morgan fingerprint density at radius 3 is 1.56 bits per heavy atom. The number of rotatable bonds is 21. The minimum Gasteiger partial charge on any atom is -0.394 e. The van der Waals surface area contributed by atoms with Gasteiger partial charge in [-0.2, -0.15) is 0 Å². The largest absolute Gasteiger partial charge is 0.394 e. The molecular weight excluding hydrogens is 348 g/mol. The fraction of sp³-hybridized carbons (Fsp3) is 1.00. The monoisotopic (exact) mass is 400 g/mol. The van der Waals surface area contributed by atoms with Crippen LogP contribution in [0.5, 0.6) is 0 Å². The molecule has 0 radical (unpaired) electrons. The fourth-order valence-electron chi connectivity index (χ4n) is 3.82. The van der Waals surface area contributed by atoms with Gasteiger partial charge in [0, 0.05) is 12.7 Å². The molecule has 0 aliphatic rings. The van der Waals surface area contributed by atoms with Crippen LogP contribution >= 0.6 is 0 Å². The van der Waals surface area contributed by atoms with Gasteiger partial charge in [0.15, 0.2) is 0 Å². The molecule has 0 aromatic heterocycles. The van der Waals surface area contributed by atoms with Crippen LogP contribution in [0.2, 0.25) is 12.1 Å². The molecule has 0 aromatic rings. The smallest absolute Gasteiger partial charge is 0.337 e. The Kier molecular flexibility index (Phi) is 19.6. The zero-order chi connectivity index (χ0) is 20.2. The Morgan fingerprint density at radius 1 is 0.556 bits per heavy atom. The van der Waals surface area contributed by atoms with Crippen molar-refractivity contribution in [3.63, 3.8) is 0 Å². The minimum atomic E-state index is -1.99. The molecule has 0 rings (SSSR count). The van der Waals surface area contributed by atoms with Crippen molar-refractivity contribution in [1.29, 1.82) is 0 Å². The Labute approximate surface area is 173 Å². The second-order valence-electron chi connectivity index (χ2n) is 8.32. The zero-order valence-electron chi connectivity index (χ0n) is 19.6. The van der Waals surface area contributed by atoms with Crippen molar-refractivity contribution in [2.75, 3.05) is 6.61 Å². The van der Waals surface area contributed by atoms with Gasteiger partial charge in [-0.3, -0.25) is 0 Å². The summed E-state index contributed by atoms with van der Waals surface area (Å²) in [5.74, 6) is 0. The topological polar surface area (TPSA) is 18.5 Å². The summed E-state index contributed by atoms with van der Waals surface area (Å²) >= 11 is 0. The maximum absolute atomic E-state index is 6.69. The second kappa shape index (κ2) is 19.5. The van der Waals surface area contributed by atoms with E-state index in [-0.39, 0.29) is 0 Å². The summed E-state index contributed by atoms with van der Waals surface area (Å²) in [4.78, 5) is 0. The average molecular weight is 401 g/mol. The first-order chi connectivity index (χ1) is 13.2. The third-order valence-electron chi connectivity index (χ3n) is 5.81. The van der Waals surface area contributed by atoms with Gasteiger partial charge in [-0.05, 0) is 31.4 Å². The van der Waals surface area contributed by atoms with Gasteiger partial charge < -0.3 is 8.85 Å². The van der Waals surface area contributed by atoms with E-state index < -0.39 is 8.56 Å². The van der Waals surface area contributed by atoms with Crippen molar-refractivity contribution in [2.45, 2.75) is 149 Å². The van der Waals surface area contributed by atoms with Gasteiger partial charge in [0.25, 0.3) is 0 Å². The van der Waals surface area contributed by atoms with Crippen molar-refractivity contribution in [3.8, 4) is 0 Å². The molecule has 0 aliphatic carbocycles. The van der Waals surface area contributed by atoms with Crippen LogP contribution in [0.4, 0.5) is 0 Å². The molecular formula is C24H52O2Si. The zero-order valence-corrected chi connectivity index (χ0v) is 20.6. The van der Waals surface area contributed by atoms with Crippen molar-refractivity contribution in [2.24, 2.45) is 0 Å². The first kappa shape index (κ1) is 27.1. The molecule has 0 heterocycles. The summed E-state index contributed by atoms with van der Waals surface area (Å²) < 4.78 is 13.2. The molecule has 1 atom stereocenters. The SMILES string of the molecule is CCCCCCCCCCCCO[Si](CC)(CC)OC(CCC)CCCC. The van der Waals surface area contributed by atoms with Gasteiger partial charge in [-0.15, -0.1) is 0 Å². The predicted octanol–water partition coefficient (Wildman–Crippen LogP) is 8.78. The first-order valence-corrected chi connectivity index (χ1v) is 14.7. The van der Waals surface area contributed by atoms with Crippen molar-refractivity contribution in [1.82, 2.24) is 0 Å². The highest BCUT2D eigenvalue weighted by atomic mass is 28.4. The summed E-state index contributed by atoms with van der Waals surface area (Å²) in [6, 6.07) is 2.18. The molecule has 0 fully saturated rings. The van der Waals surface area contributed by atoms with Crippen LogP contribution in [-0.2, 0) is 8.85 Å². The molecule has 1 unspecified atom stereocenters. The molecule has 0 saturated heterocycles. The van der Waals surface area contributed by atoms with Gasteiger partial charge in [0.05, 0.1) is 0 Å². The van der Waals surface area contributed by atoms with Crippen LogP contribution in [0, 0.1) is 0 Å². The fourth-order valence-corrected chi connectivity index (χ4v) is 6.49. The second-order valence-corrected chi connectivity index (χ2v) is 12.1. The van der Waals surface area contributed by atoms with Gasteiger partial charge in [0.1, 0.15) is 0 Å². The van der Waals surface area contributed by atoms with E-state index in [0.29, 0.717) is 6.10 Å². The summed E-state index contributed by atoms with van der Waals surface area (Å²) in [5.41, 5.74) is 0. The standard InChI is InChI=1S/C24H52O2Si/c1-6-11-13-14-15-16-17-18-19-20-23-25-27(9-4,10-5)26-24(21-8-3)22-12-7-2/h24H,6-23H2,1-5H3. The van der Waals surface area contributed by atoms with E-state index in [1.165, 1.54) is 96.3 Å². The number of hydrogen-bond acceptors (Lipinski definition) is 2. The predicted molar refractivity (Wildman–Crippen MR) is 124 cm³/mol. The Morgan fingerprint density at radius 2 is 1.07 bits per heavy atom. The van der Waals surface area contributed by atoms with E-state index in [1.54, 1.807) is 0 Å². The van der Waals surface area contributed by atoms with Gasteiger partial charge >= 0.3 is 8.56 Å². The van der Waals surface area contributed by atoms with E-state index in [2.05, 4.69) is 34.6 Å². The molecule has 0 aromatic carbocycles. The molecule has 0 bridgehead atoms. The third kappa shape index (κ3) is 14.7. The molecule has 3 heteroatoms. The summed E-state index contributed by atoms with van der Waals surface area (Å²) in [6.45, 7) is 12.3. The van der Waals surface area contributed by atoms with Crippen LogP contribution in [0.3, 0.4) is 0 Å². The molecule has 0 aliphatic heterocycles. The summed E-state index contributed by atoms with van der Waals surface area (Å²) in [6.07, 6.45) is 20.4. The lowest BCUT2D eigenvalue weighted by molar-refractivity contribution is 0.0972. The highest BCUT2D eigenvalue weighted by Gasteiger charge is 2.35. The maximum Gasteiger partial charge on any atom is 0.337 e. The van der Waals surface area contributed by atoms with E-state index in [9.17, 15) is 0 Å². The van der Waals surface area contributed by atoms with Gasteiger partial charge in [-0.25, -0.2) is 0 Å². The van der Waals surface area contributed by atoms with Crippen LogP contribution < -0.4 is 0 Å². The lowest BCUT2D eigenvalue weighted by Crippen LogP contribution is -2.44. The molecule has 2 nitrogen and oxygen atoms in total. The molecule has 164 valence electrons.